The summed E-state index contributed by atoms with van der Waals surface area (Å²) in [5.74, 6) is 0.177. The van der Waals surface area contributed by atoms with Gasteiger partial charge in [0.15, 0.2) is 0 Å². The van der Waals surface area contributed by atoms with Crippen LogP contribution in [-0.2, 0) is 11.4 Å². The highest BCUT2D eigenvalue weighted by molar-refractivity contribution is 5.93. The van der Waals surface area contributed by atoms with E-state index in [2.05, 4.69) is 13.8 Å². The molecule has 1 atom stereocenters. The maximum absolute atomic E-state index is 12.5. The lowest BCUT2D eigenvalue weighted by Crippen LogP contribution is -2.38. The van der Waals surface area contributed by atoms with Gasteiger partial charge in [-0.25, -0.2) is 0 Å². The van der Waals surface area contributed by atoms with Gasteiger partial charge in [-0.1, -0.05) is 45.2 Å². The molecule has 3 nitrogen and oxygen atoms in total. The number of amides is 1. The molecular formula is C18H29NO2. The molecule has 1 unspecified atom stereocenters. The SMILES string of the molecule is CCCCCC(C)N(C(=O)CCC)c1cccc(CO)c1. The lowest BCUT2D eigenvalue weighted by Gasteiger charge is -2.30. The molecule has 1 aromatic rings. The average Bonchev–Trinajstić information content (AvgIpc) is 2.48. The Kier molecular flexibility index (Phi) is 8.06. The highest BCUT2D eigenvalue weighted by Gasteiger charge is 2.21. The van der Waals surface area contributed by atoms with Crippen LogP contribution in [0.1, 0.15) is 64.9 Å². The molecule has 1 amide bonds. The lowest BCUT2D eigenvalue weighted by molar-refractivity contribution is -0.119. The summed E-state index contributed by atoms with van der Waals surface area (Å²) in [6, 6.07) is 7.87. The fourth-order valence-corrected chi connectivity index (χ4v) is 2.60. The van der Waals surface area contributed by atoms with Crippen LogP contribution < -0.4 is 4.90 Å². The molecule has 1 aromatic carbocycles. The first-order valence-corrected chi connectivity index (χ1v) is 8.15. The molecule has 0 saturated carbocycles. The smallest absolute Gasteiger partial charge is 0.227 e. The number of unbranched alkanes of at least 4 members (excludes halogenated alkanes) is 2. The number of aliphatic hydroxyl groups is 1. The summed E-state index contributed by atoms with van der Waals surface area (Å²) < 4.78 is 0. The summed E-state index contributed by atoms with van der Waals surface area (Å²) >= 11 is 0. The van der Waals surface area contributed by atoms with Crippen molar-refractivity contribution in [1.82, 2.24) is 0 Å². The van der Waals surface area contributed by atoms with Gasteiger partial charge in [-0.05, 0) is 37.5 Å². The molecule has 0 aliphatic rings. The van der Waals surface area contributed by atoms with Gasteiger partial charge in [0.25, 0.3) is 0 Å². The second-order valence-corrected chi connectivity index (χ2v) is 5.69. The molecular weight excluding hydrogens is 262 g/mol. The highest BCUT2D eigenvalue weighted by Crippen LogP contribution is 2.23. The molecule has 0 fully saturated rings. The summed E-state index contributed by atoms with van der Waals surface area (Å²) in [5, 5.41) is 9.29. The summed E-state index contributed by atoms with van der Waals surface area (Å²) in [6.45, 7) is 6.35. The molecule has 1 N–H and O–H groups in total. The van der Waals surface area contributed by atoms with Crippen molar-refractivity contribution >= 4 is 11.6 Å². The van der Waals surface area contributed by atoms with Gasteiger partial charge in [0.2, 0.25) is 5.91 Å². The van der Waals surface area contributed by atoms with E-state index in [4.69, 9.17) is 0 Å². The normalized spacial score (nSPS) is 12.2. The third-order valence-corrected chi connectivity index (χ3v) is 3.77. The molecule has 0 spiro atoms. The van der Waals surface area contributed by atoms with E-state index in [-0.39, 0.29) is 18.6 Å². The Hall–Kier alpha value is -1.35. The zero-order chi connectivity index (χ0) is 15.7. The third-order valence-electron chi connectivity index (χ3n) is 3.77. The first kappa shape index (κ1) is 17.7. The molecule has 0 aromatic heterocycles. The van der Waals surface area contributed by atoms with Crippen LogP contribution >= 0.6 is 0 Å². The number of hydrogen-bond acceptors (Lipinski definition) is 2. The Balaban J connectivity index is 2.92. The summed E-state index contributed by atoms with van der Waals surface area (Å²) in [4.78, 5) is 14.4. The summed E-state index contributed by atoms with van der Waals surface area (Å²) in [7, 11) is 0. The van der Waals surface area contributed by atoms with E-state index < -0.39 is 0 Å². The maximum Gasteiger partial charge on any atom is 0.227 e. The molecule has 0 bridgehead atoms. The molecule has 1 rings (SSSR count). The molecule has 3 heteroatoms. The number of hydrogen-bond donors (Lipinski definition) is 1. The van der Waals surface area contributed by atoms with Crippen LogP contribution in [0.2, 0.25) is 0 Å². The van der Waals surface area contributed by atoms with E-state index in [1.807, 2.05) is 36.1 Å². The Morgan fingerprint density at radius 1 is 1.24 bits per heavy atom. The van der Waals surface area contributed by atoms with Gasteiger partial charge in [-0.2, -0.15) is 0 Å². The molecule has 0 radical (unpaired) electrons. The monoisotopic (exact) mass is 291 g/mol. The van der Waals surface area contributed by atoms with Crippen LogP contribution in [0, 0.1) is 0 Å². The van der Waals surface area contributed by atoms with E-state index >= 15 is 0 Å². The van der Waals surface area contributed by atoms with E-state index in [1.165, 1.54) is 12.8 Å². The zero-order valence-electron chi connectivity index (χ0n) is 13.6. The standard InChI is InChI=1S/C18H29NO2/c1-4-6-7-10-15(3)19(18(21)9-5-2)17-12-8-11-16(13-17)14-20/h8,11-13,15,20H,4-7,9-10,14H2,1-3H3. The van der Waals surface area contributed by atoms with Crippen LogP contribution in [0.5, 0.6) is 0 Å². The predicted octanol–water partition coefficient (Wildman–Crippen LogP) is 4.28. The first-order chi connectivity index (χ1) is 10.1. The van der Waals surface area contributed by atoms with Gasteiger partial charge in [-0.3, -0.25) is 4.79 Å². The fraction of sp³-hybridized carbons (Fsp3) is 0.611. The Bertz CT molecular complexity index is 431. The minimum absolute atomic E-state index is 0.00780. The molecule has 21 heavy (non-hydrogen) atoms. The van der Waals surface area contributed by atoms with E-state index in [0.29, 0.717) is 6.42 Å². The minimum Gasteiger partial charge on any atom is -0.392 e. The number of carbonyl (C=O) groups is 1. The second kappa shape index (κ2) is 9.56. The van der Waals surface area contributed by atoms with Crippen molar-refractivity contribution in [2.24, 2.45) is 0 Å². The molecule has 118 valence electrons. The Morgan fingerprint density at radius 3 is 2.62 bits per heavy atom. The van der Waals surface area contributed by atoms with E-state index in [1.54, 1.807) is 0 Å². The zero-order valence-corrected chi connectivity index (χ0v) is 13.6. The maximum atomic E-state index is 12.5. The third kappa shape index (κ3) is 5.50. The number of benzene rings is 1. The van der Waals surface area contributed by atoms with Gasteiger partial charge in [0, 0.05) is 18.2 Å². The topological polar surface area (TPSA) is 40.5 Å². The van der Waals surface area contributed by atoms with Gasteiger partial charge >= 0.3 is 0 Å². The quantitative estimate of drug-likeness (QED) is 0.690. The van der Waals surface area contributed by atoms with E-state index in [9.17, 15) is 9.90 Å². The van der Waals surface area contributed by atoms with Crippen LogP contribution in [0.3, 0.4) is 0 Å². The van der Waals surface area contributed by atoms with E-state index in [0.717, 1.165) is 30.5 Å². The van der Waals surface area contributed by atoms with Crippen molar-refractivity contribution in [2.75, 3.05) is 4.90 Å². The van der Waals surface area contributed by atoms with Crippen molar-refractivity contribution in [3.05, 3.63) is 29.8 Å². The van der Waals surface area contributed by atoms with Gasteiger partial charge < -0.3 is 10.0 Å². The highest BCUT2D eigenvalue weighted by atomic mass is 16.3. The second-order valence-electron chi connectivity index (χ2n) is 5.69. The largest absolute Gasteiger partial charge is 0.392 e. The van der Waals surface area contributed by atoms with Gasteiger partial charge in [0.1, 0.15) is 0 Å². The fourth-order valence-electron chi connectivity index (χ4n) is 2.60. The van der Waals surface area contributed by atoms with Gasteiger partial charge in [0.05, 0.1) is 6.61 Å². The number of aliphatic hydroxyl groups excluding tert-OH is 1. The van der Waals surface area contributed by atoms with Crippen molar-refractivity contribution in [3.63, 3.8) is 0 Å². The van der Waals surface area contributed by atoms with Gasteiger partial charge in [-0.15, -0.1) is 0 Å². The molecule has 0 aliphatic carbocycles. The first-order valence-electron chi connectivity index (χ1n) is 8.15. The predicted molar refractivity (Wildman–Crippen MR) is 88.4 cm³/mol. The van der Waals surface area contributed by atoms with Crippen molar-refractivity contribution in [3.8, 4) is 0 Å². The van der Waals surface area contributed by atoms with Crippen molar-refractivity contribution in [2.45, 2.75) is 71.9 Å². The molecule has 0 saturated heterocycles. The number of anilines is 1. The summed E-state index contributed by atoms with van der Waals surface area (Å²) in [6.07, 6.45) is 5.99. The number of carbonyl (C=O) groups excluding carboxylic acids is 1. The molecule has 0 heterocycles. The summed E-state index contributed by atoms with van der Waals surface area (Å²) in [5.41, 5.74) is 1.76. The average molecular weight is 291 g/mol. The van der Waals surface area contributed by atoms with Crippen LogP contribution in [-0.4, -0.2) is 17.1 Å². The minimum atomic E-state index is 0.00780. The Morgan fingerprint density at radius 2 is 2.00 bits per heavy atom. The Labute approximate surface area is 129 Å². The van der Waals surface area contributed by atoms with Crippen molar-refractivity contribution < 1.29 is 9.90 Å². The number of nitrogens with zero attached hydrogens (tertiary/aromatic N) is 1. The molecule has 0 aliphatic heterocycles. The lowest BCUT2D eigenvalue weighted by atomic mass is 10.1. The van der Waals surface area contributed by atoms with Crippen LogP contribution in [0.4, 0.5) is 5.69 Å². The van der Waals surface area contributed by atoms with Crippen LogP contribution in [0.25, 0.3) is 0 Å². The van der Waals surface area contributed by atoms with Crippen LogP contribution in [0.15, 0.2) is 24.3 Å². The number of rotatable bonds is 9. The van der Waals surface area contributed by atoms with Crippen molar-refractivity contribution in [1.29, 1.82) is 0 Å².